The molecule has 2 aromatic rings. The van der Waals surface area contributed by atoms with Gasteiger partial charge in [0, 0.05) is 11.4 Å². The predicted molar refractivity (Wildman–Crippen MR) is 59.1 cm³/mol. The summed E-state index contributed by atoms with van der Waals surface area (Å²) in [5, 5.41) is 0. The normalized spacial score (nSPS) is 10.5. The number of nitrogens with zero attached hydrogens (tertiary/aromatic N) is 1. The van der Waals surface area contributed by atoms with E-state index in [0.29, 0.717) is 5.56 Å². The van der Waals surface area contributed by atoms with E-state index in [1.54, 1.807) is 26.0 Å². The van der Waals surface area contributed by atoms with Crippen molar-refractivity contribution in [2.24, 2.45) is 0 Å². The minimum Gasteiger partial charge on any atom is -0.258 e. The molecular formula is C13H11F2N. The van der Waals surface area contributed by atoms with Crippen LogP contribution in [0, 0.1) is 25.5 Å². The van der Waals surface area contributed by atoms with Gasteiger partial charge in [-0.3, -0.25) is 4.98 Å². The molecule has 82 valence electrons. The van der Waals surface area contributed by atoms with E-state index in [0.717, 1.165) is 11.4 Å². The van der Waals surface area contributed by atoms with Crippen molar-refractivity contribution in [1.82, 2.24) is 4.98 Å². The van der Waals surface area contributed by atoms with Crippen molar-refractivity contribution >= 4 is 0 Å². The van der Waals surface area contributed by atoms with Crippen LogP contribution in [0.15, 0.2) is 30.3 Å². The van der Waals surface area contributed by atoms with Gasteiger partial charge in [0.15, 0.2) is 0 Å². The summed E-state index contributed by atoms with van der Waals surface area (Å²) in [4.78, 5) is 4.17. The lowest BCUT2D eigenvalue weighted by Crippen LogP contribution is -1.93. The van der Waals surface area contributed by atoms with Gasteiger partial charge in [-0.05, 0) is 43.7 Å². The largest absolute Gasteiger partial charge is 0.258 e. The van der Waals surface area contributed by atoms with Crippen LogP contribution in [0.2, 0.25) is 0 Å². The van der Waals surface area contributed by atoms with Gasteiger partial charge >= 0.3 is 0 Å². The van der Waals surface area contributed by atoms with Gasteiger partial charge in [-0.2, -0.15) is 0 Å². The van der Waals surface area contributed by atoms with Crippen LogP contribution in [0.5, 0.6) is 0 Å². The highest BCUT2D eigenvalue weighted by Crippen LogP contribution is 2.26. The Morgan fingerprint density at radius 3 is 1.94 bits per heavy atom. The van der Waals surface area contributed by atoms with E-state index in [2.05, 4.69) is 4.98 Å². The third kappa shape index (κ3) is 1.94. The Bertz CT molecular complexity index is 495. The van der Waals surface area contributed by atoms with E-state index in [9.17, 15) is 8.78 Å². The Hall–Kier alpha value is -1.77. The van der Waals surface area contributed by atoms with Gasteiger partial charge in [0.05, 0.1) is 5.56 Å². The number of aryl methyl sites for hydroxylation is 2. The van der Waals surface area contributed by atoms with Crippen molar-refractivity contribution in [2.45, 2.75) is 13.8 Å². The van der Waals surface area contributed by atoms with Gasteiger partial charge in [0.2, 0.25) is 0 Å². The average Bonchev–Trinajstić information content (AvgIpc) is 2.15. The molecule has 1 aromatic carbocycles. The summed E-state index contributed by atoms with van der Waals surface area (Å²) in [7, 11) is 0. The number of aromatic nitrogens is 1. The molecule has 0 fully saturated rings. The number of rotatable bonds is 1. The molecule has 0 bridgehead atoms. The molecule has 0 spiro atoms. The molecule has 0 aliphatic carbocycles. The van der Waals surface area contributed by atoms with Crippen LogP contribution in [0.1, 0.15) is 11.4 Å². The first kappa shape index (κ1) is 10.7. The Labute approximate surface area is 92.8 Å². The zero-order valence-electron chi connectivity index (χ0n) is 9.09. The van der Waals surface area contributed by atoms with E-state index in [1.165, 1.54) is 18.2 Å². The second-order valence-corrected chi connectivity index (χ2v) is 3.74. The van der Waals surface area contributed by atoms with Crippen LogP contribution < -0.4 is 0 Å². The van der Waals surface area contributed by atoms with Crippen LogP contribution in [-0.4, -0.2) is 4.98 Å². The summed E-state index contributed by atoms with van der Waals surface area (Å²) in [6.07, 6.45) is 0. The summed E-state index contributed by atoms with van der Waals surface area (Å²) in [6.45, 7) is 3.60. The molecule has 0 saturated heterocycles. The molecule has 1 heterocycles. The van der Waals surface area contributed by atoms with Crippen molar-refractivity contribution in [3.63, 3.8) is 0 Å². The van der Waals surface area contributed by atoms with E-state index in [1.807, 2.05) is 0 Å². The lowest BCUT2D eigenvalue weighted by atomic mass is 10.0. The van der Waals surface area contributed by atoms with Gasteiger partial charge in [-0.25, -0.2) is 8.78 Å². The van der Waals surface area contributed by atoms with Gasteiger partial charge in [0.1, 0.15) is 11.6 Å². The van der Waals surface area contributed by atoms with Crippen molar-refractivity contribution < 1.29 is 8.78 Å². The third-order valence-electron chi connectivity index (χ3n) is 2.33. The lowest BCUT2D eigenvalue weighted by Gasteiger charge is -2.06. The van der Waals surface area contributed by atoms with E-state index >= 15 is 0 Å². The first-order valence-electron chi connectivity index (χ1n) is 4.97. The Morgan fingerprint density at radius 2 is 1.44 bits per heavy atom. The molecule has 1 nitrogen and oxygen atoms in total. The minimum absolute atomic E-state index is 0.0103. The monoisotopic (exact) mass is 219 g/mol. The summed E-state index contributed by atoms with van der Waals surface area (Å²) in [5.74, 6) is -1.10. The first-order valence-corrected chi connectivity index (χ1v) is 4.97. The fraction of sp³-hybridized carbons (Fsp3) is 0.154. The van der Waals surface area contributed by atoms with Gasteiger partial charge in [0.25, 0.3) is 0 Å². The molecule has 0 aliphatic rings. The number of hydrogen-bond acceptors (Lipinski definition) is 1. The standard InChI is InChI=1S/C13H11F2N/c1-8-6-10(7-9(2)16-8)13-11(14)4-3-5-12(13)15/h3-7H,1-2H3. The van der Waals surface area contributed by atoms with Crippen molar-refractivity contribution in [3.05, 3.63) is 53.4 Å². The van der Waals surface area contributed by atoms with Crippen molar-refractivity contribution in [2.75, 3.05) is 0 Å². The molecule has 0 amide bonds. The quantitative estimate of drug-likeness (QED) is 0.713. The first-order chi connectivity index (χ1) is 7.58. The number of benzene rings is 1. The van der Waals surface area contributed by atoms with Crippen LogP contribution in [0.25, 0.3) is 11.1 Å². The smallest absolute Gasteiger partial charge is 0.133 e. The molecule has 0 aliphatic heterocycles. The molecular weight excluding hydrogens is 208 g/mol. The maximum Gasteiger partial charge on any atom is 0.133 e. The Kier molecular flexibility index (Phi) is 2.69. The number of halogens is 2. The Balaban J connectivity index is 2.67. The third-order valence-corrected chi connectivity index (χ3v) is 2.33. The van der Waals surface area contributed by atoms with E-state index in [4.69, 9.17) is 0 Å². The summed E-state index contributed by atoms with van der Waals surface area (Å²) < 4.78 is 27.1. The molecule has 0 atom stereocenters. The zero-order chi connectivity index (χ0) is 11.7. The van der Waals surface area contributed by atoms with E-state index < -0.39 is 11.6 Å². The van der Waals surface area contributed by atoms with Gasteiger partial charge in [-0.15, -0.1) is 0 Å². The maximum atomic E-state index is 13.5. The molecule has 1 aromatic heterocycles. The van der Waals surface area contributed by atoms with Crippen molar-refractivity contribution in [1.29, 1.82) is 0 Å². The molecule has 0 N–H and O–H groups in total. The fourth-order valence-electron chi connectivity index (χ4n) is 1.75. The second-order valence-electron chi connectivity index (χ2n) is 3.74. The minimum atomic E-state index is -0.551. The number of hydrogen-bond donors (Lipinski definition) is 0. The Morgan fingerprint density at radius 1 is 0.938 bits per heavy atom. The molecule has 0 unspecified atom stereocenters. The highest BCUT2D eigenvalue weighted by Gasteiger charge is 2.11. The van der Waals surface area contributed by atoms with E-state index in [-0.39, 0.29) is 5.56 Å². The fourth-order valence-corrected chi connectivity index (χ4v) is 1.75. The van der Waals surface area contributed by atoms with Crippen LogP contribution in [0.4, 0.5) is 8.78 Å². The predicted octanol–water partition coefficient (Wildman–Crippen LogP) is 3.64. The average molecular weight is 219 g/mol. The number of pyridine rings is 1. The van der Waals surface area contributed by atoms with Gasteiger partial charge < -0.3 is 0 Å². The topological polar surface area (TPSA) is 12.9 Å². The van der Waals surface area contributed by atoms with Gasteiger partial charge in [-0.1, -0.05) is 6.07 Å². The molecule has 16 heavy (non-hydrogen) atoms. The van der Waals surface area contributed by atoms with Crippen LogP contribution in [-0.2, 0) is 0 Å². The summed E-state index contributed by atoms with van der Waals surface area (Å²) in [5.41, 5.74) is 2.03. The zero-order valence-corrected chi connectivity index (χ0v) is 9.09. The maximum absolute atomic E-state index is 13.5. The summed E-state index contributed by atoms with van der Waals surface area (Å²) >= 11 is 0. The molecule has 0 saturated carbocycles. The molecule has 0 radical (unpaired) electrons. The highest BCUT2D eigenvalue weighted by atomic mass is 19.1. The van der Waals surface area contributed by atoms with Crippen molar-refractivity contribution in [3.8, 4) is 11.1 Å². The lowest BCUT2D eigenvalue weighted by molar-refractivity contribution is 0.589. The molecule has 3 heteroatoms. The second kappa shape index (κ2) is 4.00. The summed E-state index contributed by atoms with van der Waals surface area (Å²) in [6, 6.07) is 7.21. The van der Waals surface area contributed by atoms with Crippen LogP contribution in [0.3, 0.4) is 0 Å². The van der Waals surface area contributed by atoms with Crippen LogP contribution >= 0.6 is 0 Å². The SMILES string of the molecule is Cc1cc(-c2c(F)cccc2F)cc(C)n1. The molecule has 2 rings (SSSR count). The highest BCUT2D eigenvalue weighted by molar-refractivity contribution is 5.65.